The van der Waals surface area contributed by atoms with E-state index >= 15 is 4.39 Å². The number of rotatable bonds is 7. The van der Waals surface area contributed by atoms with Gasteiger partial charge in [-0.2, -0.15) is 4.39 Å². The molecule has 0 unspecified atom stereocenters. The Morgan fingerprint density at radius 3 is 2.31 bits per heavy atom. The Labute approximate surface area is 297 Å². The van der Waals surface area contributed by atoms with Gasteiger partial charge in [0, 0.05) is 31.7 Å². The van der Waals surface area contributed by atoms with Gasteiger partial charge in [0.25, 0.3) is 10.0 Å². The lowest BCUT2D eigenvalue weighted by Crippen LogP contribution is -2.50. The molecule has 1 amide bonds. The first-order valence-corrected chi connectivity index (χ1v) is 21.2. The maximum atomic E-state index is 15.3. The number of amides is 1. The Kier molecular flexibility index (Phi) is 8.91. The van der Waals surface area contributed by atoms with Gasteiger partial charge in [0.1, 0.15) is 5.60 Å². The van der Waals surface area contributed by atoms with E-state index in [1.165, 1.54) is 33.8 Å². The highest BCUT2D eigenvalue weighted by atomic mass is 32.2. The summed E-state index contributed by atoms with van der Waals surface area (Å²) in [6.07, 6.45) is 2.58. The first-order valence-electron chi connectivity index (χ1n) is 16.9. The monoisotopic (exact) mass is 739 g/mol. The molecule has 0 spiro atoms. The van der Waals surface area contributed by atoms with E-state index in [2.05, 4.69) is 49.3 Å². The van der Waals surface area contributed by atoms with Crippen LogP contribution in [0.5, 0.6) is 0 Å². The van der Waals surface area contributed by atoms with Crippen LogP contribution in [0.25, 0.3) is 33.3 Å². The summed E-state index contributed by atoms with van der Waals surface area (Å²) < 4.78 is 61.8. The number of benzene rings is 1. The molecule has 0 bridgehead atoms. The summed E-state index contributed by atoms with van der Waals surface area (Å²) in [6.45, 7) is 16.1. The van der Waals surface area contributed by atoms with Gasteiger partial charge in [-0.05, 0) is 69.9 Å². The molecule has 13 nitrogen and oxygen atoms in total. The number of hydrogen-bond acceptors (Lipinski definition) is 8. The number of nitrogens with one attached hydrogen (secondary N) is 1. The molecule has 1 aromatic carbocycles. The van der Waals surface area contributed by atoms with Gasteiger partial charge < -0.3 is 14.5 Å². The van der Waals surface area contributed by atoms with Gasteiger partial charge in [-0.15, -0.1) is 5.10 Å². The Bertz CT molecular complexity index is 2310. The summed E-state index contributed by atoms with van der Waals surface area (Å²) in [5.74, 6) is -0.857. The van der Waals surface area contributed by atoms with Crippen LogP contribution in [0.4, 0.5) is 9.18 Å². The van der Waals surface area contributed by atoms with E-state index in [-0.39, 0.29) is 32.5 Å². The third kappa shape index (κ3) is 6.53. The van der Waals surface area contributed by atoms with Crippen molar-refractivity contribution in [2.45, 2.75) is 101 Å². The summed E-state index contributed by atoms with van der Waals surface area (Å²) in [5.41, 5.74) is -0.169. The molecule has 51 heavy (non-hydrogen) atoms. The average Bonchev–Trinajstić information content (AvgIpc) is 3.74. The van der Waals surface area contributed by atoms with Gasteiger partial charge in [0.05, 0.1) is 45.5 Å². The molecule has 1 N–H and O–H groups in total. The fraction of sp³-hybridized carbons (Fsp3) is 0.486. The van der Waals surface area contributed by atoms with E-state index in [1.54, 1.807) is 63.7 Å². The molecule has 0 radical (unpaired) electrons. The van der Waals surface area contributed by atoms with Crippen LogP contribution in [0.1, 0.15) is 60.4 Å². The average molecular weight is 740 g/mol. The number of pyridine rings is 1. The Hall–Kier alpha value is -4.28. The first kappa shape index (κ1) is 36.5. The number of hydrogen-bond donors (Lipinski definition) is 1. The van der Waals surface area contributed by atoms with E-state index < -0.39 is 54.2 Å². The quantitative estimate of drug-likeness (QED) is 0.198. The predicted octanol–water partition coefficient (Wildman–Crippen LogP) is 6.08. The maximum Gasteiger partial charge on any atom is 0.407 e. The van der Waals surface area contributed by atoms with Crippen LogP contribution in [0.3, 0.4) is 0 Å². The number of halogens is 1. The predicted molar refractivity (Wildman–Crippen MR) is 195 cm³/mol. The van der Waals surface area contributed by atoms with Crippen molar-refractivity contribution in [1.29, 1.82) is 0 Å². The van der Waals surface area contributed by atoms with E-state index in [0.29, 0.717) is 29.3 Å². The highest BCUT2D eigenvalue weighted by Crippen LogP contribution is 2.43. The van der Waals surface area contributed by atoms with E-state index in [9.17, 15) is 18.0 Å². The molecule has 4 heterocycles. The summed E-state index contributed by atoms with van der Waals surface area (Å²) >= 11 is 0. The largest absolute Gasteiger partial charge is 0.444 e. The van der Waals surface area contributed by atoms with Crippen LogP contribution in [0, 0.1) is 5.95 Å². The lowest BCUT2D eigenvalue weighted by atomic mass is 10.2. The lowest BCUT2D eigenvalue weighted by Gasteiger charge is -2.40. The molecule has 4 aromatic heterocycles. The van der Waals surface area contributed by atoms with Crippen LogP contribution in [0.2, 0.25) is 18.1 Å². The number of aryl methyl sites for hydroxylation is 2. The van der Waals surface area contributed by atoms with Crippen LogP contribution < -0.4 is 11.0 Å². The zero-order chi connectivity index (χ0) is 37.4. The number of carbonyl (C=O) groups excluding carboxylic acids is 1. The molecule has 16 heteroatoms. The zero-order valence-corrected chi connectivity index (χ0v) is 32.5. The van der Waals surface area contributed by atoms with Crippen LogP contribution in [-0.4, -0.2) is 68.4 Å². The minimum atomic E-state index is -4.31. The fourth-order valence-corrected chi connectivity index (χ4v) is 9.41. The first-order chi connectivity index (χ1) is 23.6. The van der Waals surface area contributed by atoms with Crippen LogP contribution in [0.15, 0.2) is 58.5 Å². The summed E-state index contributed by atoms with van der Waals surface area (Å²) in [6, 6.07) is 8.43. The normalized spacial score (nSPS) is 18.9. The van der Waals surface area contributed by atoms with Gasteiger partial charge in [0.2, 0.25) is 5.95 Å². The summed E-state index contributed by atoms with van der Waals surface area (Å²) in [5, 5.41) is 7.07. The molecule has 0 aliphatic heterocycles. The highest BCUT2D eigenvalue weighted by molar-refractivity contribution is 7.90. The second-order valence-corrected chi connectivity index (χ2v) is 22.4. The highest BCUT2D eigenvalue weighted by Gasteiger charge is 2.46. The van der Waals surface area contributed by atoms with Gasteiger partial charge in [-0.25, -0.2) is 27.0 Å². The lowest BCUT2D eigenvalue weighted by molar-refractivity contribution is 0.0457. The molecule has 1 saturated carbocycles. The maximum absolute atomic E-state index is 15.3. The summed E-state index contributed by atoms with van der Waals surface area (Å²) in [4.78, 5) is 31.8. The fourth-order valence-electron chi connectivity index (χ4n) is 6.54. The van der Waals surface area contributed by atoms with Crippen molar-refractivity contribution in [1.82, 2.24) is 33.2 Å². The minimum absolute atomic E-state index is 0.0114. The second kappa shape index (κ2) is 12.4. The van der Waals surface area contributed by atoms with Crippen molar-refractivity contribution >= 4 is 46.5 Å². The summed E-state index contributed by atoms with van der Waals surface area (Å²) in [7, 11) is -3.50. The zero-order valence-electron chi connectivity index (χ0n) is 30.7. The van der Waals surface area contributed by atoms with Crippen LogP contribution >= 0.6 is 0 Å². The van der Waals surface area contributed by atoms with Gasteiger partial charge in [-0.3, -0.25) is 13.8 Å². The molecule has 3 atom stereocenters. The molecule has 1 aliphatic rings. The number of nitrogens with zero attached hydrogens (tertiary/aromatic N) is 6. The topological polar surface area (TPSA) is 144 Å². The van der Waals surface area contributed by atoms with Crippen molar-refractivity contribution in [2.24, 2.45) is 14.1 Å². The number of alkyl carbamates (subject to hydrolysis) is 1. The van der Waals surface area contributed by atoms with Gasteiger partial charge in [-0.1, -0.05) is 39.0 Å². The third-order valence-corrected chi connectivity index (χ3v) is 16.2. The molecular formula is C35H46FN7O6SSi. The van der Waals surface area contributed by atoms with Gasteiger partial charge in [0.15, 0.2) is 14.0 Å². The third-order valence-electron chi connectivity index (χ3n) is 9.97. The van der Waals surface area contributed by atoms with Crippen LogP contribution in [-0.2, 0) is 33.3 Å². The standard InChI is InChI=1S/C35H46FN7O6SSi/c1-34(2,3)48-32(44)38-25-16-21(17-28(25)49-51(9,10)35(4,5)6)42-29-23-18-26(24-20-40(7)39-30(24)36)43(50(46,47)22-14-12-11-13-15-22)31(23)37-19-27(29)41(8)33(42)45/h11-15,18-21,25,28H,16-17H2,1-10H3,(H,38,44)/t21-,25-,28+/m0/s1. The number of aromatic nitrogens is 6. The molecule has 5 aromatic rings. The Morgan fingerprint density at radius 1 is 1.06 bits per heavy atom. The Morgan fingerprint density at radius 2 is 1.73 bits per heavy atom. The van der Waals surface area contributed by atoms with Crippen molar-refractivity contribution in [3.05, 3.63) is 65.2 Å². The second-order valence-electron chi connectivity index (χ2n) is 15.9. The molecule has 6 rings (SSSR count). The smallest absolute Gasteiger partial charge is 0.407 e. The number of ether oxygens (including phenoxy) is 1. The number of imidazole rings is 1. The van der Waals surface area contributed by atoms with E-state index in [4.69, 9.17) is 9.16 Å². The Balaban J connectivity index is 1.56. The molecular weight excluding hydrogens is 694 g/mol. The van der Waals surface area contributed by atoms with Crippen molar-refractivity contribution in [3.8, 4) is 11.3 Å². The number of carbonyl (C=O) groups is 1. The molecule has 0 saturated heterocycles. The minimum Gasteiger partial charge on any atom is -0.444 e. The van der Waals surface area contributed by atoms with Gasteiger partial charge >= 0.3 is 11.8 Å². The van der Waals surface area contributed by atoms with Crippen molar-refractivity contribution < 1.29 is 26.8 Å². The molecule has 1 fully saturated rings. The number of fused-ring (bicyclic) bond motifs is 3. The van der Waals surface area contributed by atoms with Crippen molar-refractivity contribution in [3.63, 3.8) is 0 Å². The van der Waals surface area contributed by atoms with E-state index in [0.717, 1.165) is 3.97 Å². The SMILES string of the molecule is Cn1cc(-c2cc3c(ncc4c3n([C@H]3C[C@H](NC(=O)OC(C)(C)C)[C@H](O[Si](C)(C)C(C)(C)C)C3)c(=O)n4C)n2S(=O)(=O)c2ccccc2)c(F)n1. The molecule has 274 valence electrons. The van der Waals surface area contributed by atoms with Crippen molar-refractivity contribution in [2.75, 3.05) is 0 Å². The van der Waals surface area contributed by atoms with E-state index in [1.807, 2.05) is 0 Å². The molecule has 1 aliphatic carbocycles.